The molecule has 0 aliphatic heterocycles. The Bertz CT molecular complexity index is 665. The summed E-state index contributed by atoms with van der Waals surface area (Å²) >= 11 is 0. The van der Waals surface area contributed by atoms with E-state index in [0.717, 1.165) is 0 Å². The molecule has 1 N–H and O–H groups in total. The second kappa shape index (κ2) is 4.13. The summed E-state index contributed by atoms with van der Waals surface area (Å²) in [5.41, 5.74) is 1.44. The Balaban J connectivity index is 2.43. The van der Waals surface area contributed by atoms with Crippen LogP contribution < -0.4 is 4.72 Å². The number of hydrogen-bond donors (Lipinski definition) is 1. The van der Waals surface area contributed by atoms with Crippen LogP contribution in [0.3, 0.4) is 0 Å². The molecular weight excluding hydrogens is 256 g/mol. The Morgan fingerprint density at radius 1 is 1.33 bits per heavy atom. The lowest BCUT2D eigenvalue weighted by molar-refractivity contribution is 0.393. The molecule has 0 saturated carbocycles. The van der Waals surface area contributed by atoms with Crippen molar-refractivity contribution in [1.82, 2.24) is 14.9 Å². The Hall–Kier alpha value is -1.83. The van der Waals surface area contributed by atoms with Crippen molar-refractivity contribution in [3.8, 4) is 0 Å². The molecule has 18 heavy (non-hydrogen) atoms. The van der Waals surface area contributed by atoms with Crippen LogP contribution in [0.5, 0.6) is 0 Å². The standard InChI is InChI=1S/C10H14N4O3S/c1-6-10(8(3)17-12-6)13-18(15,16)9-5-11-14(4)7(9)2/h5,13H,1-4H3. The van der Waals surface area contributed by atoms with E-state index in [1.54, 1.807) is 27.8 Å². The van der Waals surface area contributed by atoms with Crippen molar-refractivity contribution < 1.29 is 12.9 Å². The second-order valence-electron chi connectivity index (χ2n) is 4.02. The lowest BCUT2D eigenvalue weighted by Crippen LogP contribution is -2.14. The van der Waals surface area contributed by atoms with E-state index in [0.29, 0.717) is 22.8 Å². The summed E-state index contributed by atoms with van der Waals surface area (Å²) in [6.07, 6.45) is 1.32. The number of nitrogens with zero attached hydrogens (tertiary/aromatic N) is 3. The summed E-state index contributed by atoms with van der Waals surface area (Å²) in [6, 6.07) is 0. The minimum atomic E-state index is -3.67. The monoisotopic (exact) mass is 270 g/mol. The summed E-state index contributed by atoms with van der Waals surface area (Å²) in [5, 5.41) is 7.61. The largest absolute Gasteiger partial charge is 0.359 e. The molecule has 0 aliphatic rings. The van der Waals surface area contributed by atoms with E-state index in [-0.39, 0.29) is 4.90 Å². The molecule has 0 spiro atoms. The summed E-state index contributed by atoms with van der Waals surface area (Å²) in [6.45, 7) is 5.01. The summed E-state index contributed by atoms with van der Waals surface area (Å²) < 4.78 is 33.3. The van der Waals surface area contributed by atoms with Gasteiger partial charge < -0.3 is 4.52 Å². The zero-order valence-corrected chi connectivity index (χ0v) is 11.4. The van der Waals surface area contributed by atoms with Crippen molar-refractivity contribution in [2.75, 3.05) is 4.72 Å². The Morgan fingerprint density at radius 3 is 2.44 bits per heavy atom. The fourth-order valence-corrected chi connectivity index (χ4v) is 2.94. The van der Waals surface area contributed by atoms with E-state index in [4.69, 9.17) is 4.52 Å². The van der Waals surface area contributed by atoms with Crippen LogP contribution in [0.15, 0.2) is 15.6 Å². The van der Waals surface area contributed by atoms with Crippen LogP contribution in [0, 0.1) is 20.8 Å². The van der Waals surface area contributed by atoms with Gasteiger partial charge in [0.15, 0.2) is 5.76 Å². The molecule has 2 rings (SSSR count). The summed E-state index contributed by atoms with van der Waals surface area (Å²) in [5.74, 6) is 0.428. The number of anilines is 1. The quantitative estimate of drug-likeness (QED) is 0.903. The minimum absolute atomic E-state index is 0.144. The first kappa shape index (κ1) is 12.6. The van der Waals surface area contributed by atoms with Gasteiger partial charge in [0.25, 0.3) is 10.0 Å². The highest BCUT2D eigenvalue weighted by atomic mass is 32.2. The van der Waals surface area contributed by atoms with Gasteiger partial charge in [0, 0.05) is 7.05 Å². The third-order valence-corrected chi connectivity index (χ3v) is 4.20. The van der Waals surface area contributed by atoms with Crippen LogP contribution >= 0.6 is 0 Å². The number of aryl methyl sites for hydroxylation is 3. The maximum absolute atomic E-state index is 12.2. The fourth-order valence-electron chi connectivity index (χ4n) is 1.56. The van der Waals surface area contributed by atoms with Gasteiger partial charge in [-0.2, -0.15) is 5.10 Å². The first-order chi connectivity index (χ1) is 8.33. The van der Waals surface area contributed by atoms with Gasteiger partial charge in [-0.15, -0.1) is 0 Å². The maximum Gasteiger partial charge on any atom is 0.265 e. The van der Waals surface area contributed by atoms with E-state index in [9.17, 15) is 8.42 Å². The Kier molecular flexibility index (Phi) is 2.89. The summed E-state index contributed by atoms with van der Waals surface area (Å²) in [7, 11) is -1.99. The first-order valence-corrected chi connectivity index (χ1v) is 6.75. The zero-order chi connectivity index (χ0) is 13.5. The van der Waals surface area contributed by atoms with Crippen molar-refractivity contribution >= 4 is 15.7 Å². The molecule has 0 unspecified atom stereocenters. The van der Waals surface area contributed by atoms with E-state index < -0.39 is 10.0 Å². The molecule has 0 aromatic carbocycles. The smallest absolute Gasteiger partial charge is 0.265 e. The van der Waals surface area contributed by atoms with Crippen molar-refractivity contribution in [1.29, 1.82) is 0 Å². The van der Waals surface area contributed by atoms with Gasteiger partial charge in [0.05, 0.1) is 11.9 Å². The van der Waals surface area contributed by atoms with Crippen molar-refractivity contribution in [2.45, 2.75) is 25.7 Å². The van der Waals surface area contributed by atoms with E-state index >= 15 is 0 Å². The van der Waals surface area contributed by atoms with Gasteiger partial charge in [-0.1, -0.05) is 5.16 Å². The average molecular weight is 270 g/mol. The van der Waals surface area contributed by atoms with Gasteiger partial charge in [-0.3, -0.25) is 9.40 Å². The van der Waals surface area contributed by atoms with Crippen LogP contribution in [-0.2, 0) is 17.1 Å². The topological polar surface area (TPSA) is 90.0 Å². The van der Waals surface area contributed by atoms with Crippen LogP contribution in [0.25, 0.3) is 0 Å². The van der Waals surface area contributed by atoms with Crippen LogP contribution in [0.1, 0.15) is 17.1 Å². The van der Waals surface area contributed by atoms with Crippen molar-refractivity contribution in [3.05, 3.63) is 23.3 Å². The van der Waals surface area contributed by atoms with Gasteiger partial charge >= 0.3 is 0 Å². The lowest BCUT2D eigenvalue weighted by Gasteiger charge is -2.06. The molecule has 2 aromatic rings. The third-order valence-electron chi connectivity index (χ3n) is 2.75. The first-order valence-electron chi connectivity index (χ1n) is 5.27. The Labute approximate surface area is 105 Å². The Morgan fingerprint density at radius 2 is 2.00 bits per heavy atom. The number of aromatic nitrogens is 3. The van der Waals surface area contributed by atoms with Gasteiger partial charge in [-0.25, -0.2) is 8.42 Å². The van der Waals surface area contributed by atoms with Gasteiger partial charge in [-0.05, 0) is 20.8 Å². The SMILES string of the molecule is Cc1noc(C)c1NS(=O)(=O)c1cnn(C)c1C. The number of rotatable bonds is 3. The predicted molar refractivity (Wildman–Crippen MR) is 64.7 cm³/mol. The molecule has 7 nitrogen and oxygen atoms in total. The number of hydrogen-bond acceptors (Lipinski definition) is 5. The number of nitrogens with one attached hydrogen (secondary N) is 1. The zero-order valence-electron chi connectivity index (χ0n) is 10.6. The van der Waals surface area contributed by atoms with Gasteiger partial charge in [0.2, 0.25) is 0 Å². The molecule has 0 bridgehead atoms. The van der Waals surface area contributed by atoms with Crippen LogP contribution in [0.2, 0.25) is 0 Å². The van der Waals surface area contributed by atoms with E-state index in [2.05, 4.69) is 15.0 Å². The molecule has 2 heterocycles. The maximum atomic E-state index is 12.2. The van der Waals surface area contributed by atoms with Crippen molar-refractivity contribution in [2.24, 2.45) is 7.05 Å². The number of sulfonamides is 1. The minimum Gasteiger partial charge on any atom is -0.359 e. The highest BCUT2D eigenvalue weighted by molar-refractivity contribution is 7.92. The molecule has 0 aliphatic carbocycles. The molecule has 98 valence electrons. The van der Waals surface area contributed by atoms with E-state index in [1.165, 1.54) is 10.9 Å². The molecular formula is C10H14N4O3S. The second-order valence-corrected chi connectivity index (χ2v) is 5.67. The summed E-state index contributed by atoms with van der Waals surface area (Å²) in [4.78, 5) is 0.144. The molecule has 0 radical (unpaired) electrons. The normalized spacial score (nSPS) is 11.8. The molecule has 8 heteroatoms. The molecule has 0 fully saturated rings. The van der Waals surface area contributed by atoms with Gasteiger partial charge in [0.1, 0.15) is 16.3 Å². The fraction of sp³-hybridized carbons (Fsp3) is 0.400. The van der Waals surface area contributed by atoms with Crippen LogP contribution in [0.4, 0.5) is 5.69 Å². The predicted octanol–water partition coefficient (Wildman–Crippen LogP) is 1.13. The van der Waals surface area contributed by atoms with E-state index in [1.807, 2.05) is 0 Å². The molecule has 2 aromatic heterocycles. The molecule has 0 atom stereocenters. The highest BCUT2D eigenvalue weighted by Crippen LogP contribution is 2.23. The third kappa shape index (κ3) is 1.99. The molecule has 0 saturated heterocycles. The van der Waals surface area contributed by atoms with Crippen molar-refractivity contribution in [3.63, 3.8) is 0 Å². The van der Waals surface area contributed by atoms with Crippen LogP contribution in [-0.4, -0.2) is 23.4 Å². The highest BCUT2D eigenvalue weighted by Gasteiger charge is 2.23. The lowest BCUT2D eigenvalue weighted by atomic mass is 10.3. The molecule has 0 amide bonds. The average Bonchev–Trinajstić information content (AvgIpc) is 2.77.